The molecule has 24 heavy (non-hydrogen) atoms. The van der Waals surface area contributed by atoms with E-state index in [1.807, 2.05) is 30.9 Å². The maximum Gasteiger partial charge on any atom is 0.265 e. The Morgan fingerprint density at radius 1 is 1.33 bits per heavy atom. The normalized spacial score (nSPS) is 15.7. The van der Waals surface area contributed by atoms with Gasteiger partial charge in [0.05, 0.1) is 5.69 Å². The standard InChI is InChI=1S/C17H21N3O3S/c1-10-3-4-13(23-10)16-19-11(2)15(24-16)17(22)20-7-5-12(6-8-20)9-14(18)21/h3-4,12H,5-9H2,1-2H3,(H2,18,21). The van der Waals surface area contributed by atoms with Crippen LogP contribution in [0, 0.1) is 19.8 Å². The highest BCUT2D eigenvalue weighted by Gasteiger charge is 2.27. The molecule has 0 unspecified atom stereocenters. The van der Waals surface area contributed by atoms with Crippen LogP contribution >= 0.6 is 11.3 Å². The lowest BCUT2D eigenvalue weighted by Crippen LogP contribution is -2.39. The predicted octanol–water partition coefficient (Wildman–Crippen LogP) is 2.75. The molecular formula is C17H21N3O3S. The molecule has 7 heteroatoms. The van der Waals surface area contributed by atoms with Crippen molar-refractivity contribution in [2.75, 3.05) is 13.1 Å². The van der Waals surface area contributed by atoms with E-state index >= 15 is 0 Å². The highest BCUT2D eigenvalue weighted by molar-refractivity contribution is 7.17. The molecule has 1 fully saturated rings. The van der Waals surface area contributed by atoms with Crippen molar-refractivity contribution in [1.29, 1.82) is 0 Å². The van der Waals surface area contributed by atoms with E-state index in [1.54, 1.807) is 0 Å². The van der Waals surface area contributed by atoms with E-state index in [4.69, 9.17) is 10.2 Å². The number of amides is 2. The number of carbonyl (C=O) groups is 2. The molecule has 0 radical (unpaired) electrons. The Morgan fingerprint density at radius 2 is 2.04 bits per heavy atom. The number of nitrogens with two attached hydrogens (primary N) is 1. The second-order valence-corrected chi connectivity index (χ2v) is 7.25. The van der Waals surface area contributed by atoms with Crippen molar-refractivity contribution in [2.24, 2.45) is 11.7 Å². The van der Waals surface area contributed by atoms with Gasteiger partial charge < -0.3 is 15.1 Å². The molecule has 0 spiro atoms. The monoisotopic (exact) mass is 347 g/mol. The number of aryl methyl sites for hydroxylation is 2. The van der Waals surface area contributed by atoms with Crippen molar-refractivity contribution in [3.8, 4) is 10.8 Å². The van der Waals surface area contributed by atoms with E-state index in [0.717, 1.165) is 29.3 Å². The van der Waals surface area contributed by atoms with Gasteiger partial charge in [0, 0.05) is 19.5 Å². The lowest BCUT2D eigenvalue weighted by Gasteiger charge is -2.31. The van der Waals surface area contributed by atoms with Gasteiger partial charge in [-0.05, 0) is 44.7 Å². The number of furan rings is 1. The third-order valence-electron chi connectivity index (χ3n) is 4.33. The zero-order valence-electron chi connectivity index (χ0n) is 13.9. The van der Waals surface area contributed by atoms with Gasteiger partial charge in [-0.2, -0.15) is 0 Å². The third kappa shape index (κ3) is 3.51. The molecule has 128 valence electrons. The first-order chi connectivity index (χ1) is 11.4. The molecule has 2 N–H and O–H groups in total. The van der Waals surface area contributed by atoms with Crippen LogP contribution in [0.15, 0.2) is 16.5 Å². The SMILES string of the molecule is Cc1ccc(-c2nc(C)c(C(=O)N3CCC(CC(N)=O)CC3)s2)o1. The van der Waals surface area contributed by atoms with Gasteiger partial charge in [-0.1, -0.05) is 0 Å². The quantitative estimate of drug-likeness (QED) is 0.921. The Morgan fingerprint density at radius 3 is 2.62 bits per heavy atom. The summed E-state index contributed by atoms with van der Waals surface area (Å²) in [5.41, 5.74) is 5.98. The number of likely N-dealkylation sites (tertiary alicyclic amines) is 1. The molecular weight excluding hydrogens is 326 g/mol. The van der Waals surface area contributed by atoms with E-state index in [-0.39, 0.29) is 17.7 Å². The van der Waals surface area contributed by atoms with Crippen molar-refractivity contribution in [3.63, 3.8) is 0 Å². The van der Waals surface area contributed by atoms with Crippen LogP contribution in [0.4, 0.5) is 0 Å². The first-order valence-electron chi connectivity index (χ1n) is 8.06. The summed E-state index contributed by atoms with van der Waals surface area (Å²) < 4.78 is 5.59. The number of hydrogen-bond acceptors (Lipinski definition) is 5. The van der Waals surface area contributed by atoms with Crippen molar-refractivity contribution in [2.45, 2.75) is 33.1 Å². The maximum atomic E-state index is 12.8. The summed E-state index contributed by atoms with van der Waals surface area (Å²) in [6, 6.07) is 3.76. The van der Waals surface area contributed by atoms with Gasteiger partial charge in [0.1, 0.15) is 10.6 Å². The van der Waals surface area contributed by atoms with Gasteiger partial charge in [-0.3, -0.25) is 9.59 Å². The van der Waals surface area contributed by atoms with Crippen molar-refractivity contribution >= 4 is 23.2 Å². The fourth-order valence-corrected chi connectivity index (χ4v) is 4.01. The summed E-state index contributed by atoms with van der Waals surface area (Å²) >= 11 is 1.37. The van der Waals surface area contributed by atoms with Crippen LogP contribution in [0.1, 0.15) is 40.4 Å². The summed E-state index contributed by atoms with van der Waals surface area (Å²) in [7, 11) is 0. The highest BCUT2D eigenvalue weighted by Crippen LogP contribution is 2.31. The van der Waals surface area contributed by atoms with E-state index in [1.165, 1.54) is 11.3 Å². The summed E-state index contributed by atoms with van der Waals surface area (Å²) in [5.74, 6) is 1.55. The molecule has 0 bridgehead atoms. The van der Waals surface area contributed by atoms with Gasteiger partial charge in [0.15, 0.2) is 10.8 Å². The fraction of sp³-hybridized carbons (Fsp3) is 0.471. The molecule has 2 aromatic rings. The molecule has 0 aromatic carbocycles. The van der Waals surface area contributed by atoms with Gasteiger partial charge in [0.25, 0.3) is 5.91 Å². The topological polar surface area (TPSA) is 89.4 Å². The van der Waals surface area contributed by atoms with Gasteiger partial charge in [0.2, 0.25) is 5.91 Å². The number of thiazole rings is 1. The number of hydrogen-bond donors (Lipinski definition) is 1. The van der Waals surface area contributed by atoms with E-state index in [2.05, 4.69) is 4.98 Å². The average Bonchev–Trinajstić information content (AvgIpc) is 3.13. The van der Waals surface area contributed by atoms with E-state index < -0.39 is 0 Å². The number of rotatable bonds is 4. The maximum absolute atomic E-state index is 12.8. The Balaban J connectivity index is 1.70. The second kappa shape index (κ2) is 6.76. The van der Waals surface area contributed by atoms with Gasteiger partial charge in [-0.25, -0.2) is 4.98 Å². The minimum absolute atomic E-state index is 0.0112. The number of piperidine rings is 1. The lowest BCUT2D eigenvalue weighted by molar-refractivity contribution is -0.119. The first kappa shape index (κ1) is 16.7. The molecule has 0 saturated carbocycles. The summed E-state index contributed by atoms with van der Waals surface area (Å²) in [5, 5.41) is 0.729. The van der Waals surface area contributed by atoms with Crippen LogP contribution in [-0.2, 0) is 4.79 Å². The summed E-state index contributed by atoms with van der Waals surface area (Å²) in [4.78, 5) is 30.8. The van der Waals surface area contributed by atoms with E-state index in [0.29, 0.717) is 30.1 Å². The van der Waals surface area contributed by atoms with Crippen LogP contribution in [0.3, 0.4) is 0 Å². The molecule has 2 aromatic heterocycles. The average molecular weight is 347 g/mol. The first-order valence-corrected chi connectivity index (χ1v) is 8.87. The summed E-state index contributed by atoms with van der Waals surface area (Å²) in [6.07, 6.45) is 2.04. The number of primary amides is 1. The molecule has 2 amide bonds. The second-order valence-electron chi connectivity index (χ2n) is 6.25. The zero-order valence-corrected chi connectivity index (χ0v) is 14.7. The molecule has 0 aliphatic carbocycles. The molecule has 3 heterocycles. The van der Waals surface area contributed by atoms with Crippen molar-refractivity contribution in [3.05, 3.63) is 28.5 Å². The lowest BCUT2D eigenvalue weighted by atomic mass is 9.93. The van der Waals surface area contributed by atoms with Crippen LogP contribution in [0.2, 0.25) is 0 Å². The largest absolute Gasteiger partial charge is 0.459 e. The molecule has 3 rings (SSSR count). The van der Waals surface area contributed by atoms with Crippen LogP contribution < -0.4 is 5.73 Å². The Kier molecular flexibility index (Phi) is 4.71. The van der Waals surface area contributed by atoms with Crippen LogP contribution in [0.25, 0.3) is 10.8 Å². The van der Waals surface area contributed by atoms with Crippen LogP contribution in [0.5, 0.6) is 0 Å². The molecule has 1 saturated heterocycles. The fourth-order valence-electron chi connectivity index (χ4n) is 3.02. The zero-order chi connectivity index (χ0) is 17.3. The Bertz CT molecular complexity index is 757. The minimum atomic E-state index is -0.267. The molecule has 6 nitrogen and oxygen atoms in total. The van der Waals surface area contributed by atoms with E-state index in [9.17, 15) is 9.59 Å². The molecule has 1 aliphatic heterocycles. The number of nitrogens with zero attached hydrogens (tertiary/aromatic N) is 2. The van der Waals surface area contributed by atoms with Crippen molar-refractivity contribution in [1.82, 2.24) is 9.88 Å². The molecule has 0 atom stereocenters. The number of carbonyl (C=O) groups excluding carboxylic acids is 2. The Hall–Kier alpha value is -2.15. The highest BCUT2D eigenvalue weighted by atomic mass is 32.1. The smallest absolute Gasteiger partial charge is 0.265 e. The van der Waals surface area contributed by atoms with Gasteiger partial charge in [-0.15, -0.1) is 11.3 Å². The predicted molar refractivity (Wildman–Crippen MR) is 91.7 cm³/mol. The third-order valence-corrected chi connectivity index (χ3v) is 5.49. The van der Waals surface area contributed by atoms with Crippen LogP contribution in [-0.4, -0.2) is 34.8 Å². The number of aromatic nitrogens is 1. The summed E-state index contributed by atoms with van der Waals surface area (Å²) in [6.45, 7) is 5.04. The van der Waals surface area contributed by atoms with Crippen molar-refractivity contribution < 1.29 is 14.0 Å². The molecule has 1 aliphatic rings. The van der Waals surface area contributed by atoms with Gasteiger partial charge >= 0.3 is 0 Å². The Labute approximate surface area is 144 Å². The minimum Gasteiger partial charge on any atom is -0.459 e.